The first-order chi connectivity index (χ1) is 6.03. The first-order valence-electron chi connectivity index (χ1n) is 4.35. The van der Waals surface area contributed by atoms with Crippen LogP contribution in [0.3, 0.4) is 0 Å². The van der Waals surface area contributed by atoms with Crippen molar-refractivity contribution < 1.29 is 9.16 Å². The van der Waals surface area contributed by atoms with Gasteiger partial charge in [-0.25, -0.2) is 0 Å². The monoisotopic (exact) mass is 196 g/mol. The summed E-state index contributed by atoms with van der Waals surface area (Å²) in [6.07, 6.45) is 0. The molecule has 0 unspecified atom stereocenters. The fraction of sp³-hybridized carbons (Fsp3) is 0.400. The Morgan fingerprint density at radius 2 is 1.62 bits per heavy atom. The number of hydrogen-bond acceptors (Lipinski definition) is 2. The summed E-state index contributed by atoms with van der Waals surface area (Å²) in [5.41, 5.74) is -0.170. The largest absolute Gasteiger partial charge is 0.551 e. The third kappa shape index (κ3) is 3.11. The van der Waals surface area contributed by atoms with Gasteiger partial charge >= 0.3 is 0 Å². The van der Waals surface area contributed by atoms with Crippen LogP contribution in [-0.2, 0) is 0 Å². The zero-order valence-electron chi connectivity index (χ0n) is 8.63. The standard InChI is InChI=1S/C10H16O2Si/c1-10(2,3)11-8-6-4-5-7-9(8)12-13/h4-7H,1-3,13H3. The van der Waals surface area contributed by atoms with Gasteiger partial charge in [0.1, 0.15) is 11.4 Å². The van der Waals surface area contributed by atoms with E-state index in [0.29, 0.717) is 10.5 Å². The van der Waals surface area contributed by atoms with E-state index >= 15 is 0 Å². The van der Waals surface area contributed by atoms with E-state index < -0.39 is 0 Å². The van der Waals surface area contributed by atoms with E-state index in [1.165, 1.54) is 0 Å². The fourth-order valence-corrected chi connectivity index (χ4v) is 1.37. The predicted molar refractivity (Wildman–Crippen MR) is 57.4 cm³/mol. The summed E-state index contributed by atoms with van der Waals surface area (Å²) in [6, 6.07) is 7.75. The maximum absolute atomic E-state index is 5.72. The van der Waals surface area contributed by atoms with Crippen LogP contribution < -0.4 is 9.16 Å². The molecule has 72 valence electrons. The molecule has 0 bridgehead atoms. The maximum atomic E-state index is 5.72. The van der Waals surface area contributed by atoms with Gasteiger partial charge in [0.15, 0.2) is 5.75 Å². The van der Waals surface area contributed by atoms with E-state index in [-0.39, 0.29) is 5.60 Å². The summed E-state index contributed by atoms with van der Waals surface area (Å²) in [5.74, 6) is 1.66. The van der Waals surface area contributed by atoms with Crippen molar-refractivity contribution in [1.82, 2.24) is 0 Å². The molecule has 3 heteroatoms. The van der Waals surface area contributed by atoms with E-state index in [1.807, 2.05) is 45.0 Å². The molecule has 0 saturated heterocycles. The highest BCUT2D eigenvalue weighted by molar-refractivity contribution is 6.00. The van der Waals surface area contributed by atoms with Gasteiger partial charge in [0.05, 0.1) is 0 Å². The van der Waals surface area contributed by atoms with Crippen LogP contribution >= 0.6 is 0 Å². The second-order valence-corrected chi connectivity index (χ2v) is 4.27. The van der Waals surface area contributed by atoms with Crippen LogP contribution in [0.5, 0.6) is 11.5 Å². The first kappa shape index (κ1) is 10.1. The Hall–Kier alpha value is -0.963. The minimum atomic E-state index is -0.170. The summed E-state index contributed by atoms with van der Waals surface area (Å²) < 4.78 is 11.0. The van der Waals surface area contributed by atoms with Crippen LogP contribution in [0.2, 0.25) is 0 Å². The Morgan fingerprint density at radius 1 is 1.08 bits per heavy atom. The molecule has 0 aliphatic carbocycles. The molecule has 0 aliphatic heterocycles. The number of para-hydroxylation sites is 2. The molecule has 0 amide bonds. The van der Waals surface area contributed by atoms with Gasteiger partial charge < -0.3 is 9.16 Å². The summed E-state index contributed by atoms with van der Waals surface area (Å²) in [7, 11) is 0.687. The summed E-state index contributed by atoms with van der Waals surface area (Å²) in [4.78, 5) is 0. The zero-order chi connectivity index (χ0) is 9.90. The number of hydrogen-bond donors (Lipinski definition) is 0. The van der Waals surface area contributed by atoms with E-state index in [2.05, 4.69) is 0 Å². The molecule has 1 aromatic rings. The average Bonchev–Trinajstić information content (AvgIpc) is 2.02. The van der Waals surface area contributed by atoms with E-state index in [0.717, 1.165) is 11.5 Å². The van der Waals surface area contributed by atoms with Crippen LogP contribution in [0.1, 0.15) is 20.8 Å². The molecule has 0 heterocycles. The van der Waals surface area contributed by atoms with Crippen molar-refractivity contribution >= 4 is 10.5 Å². The lowest BCUT2D eigenvalue weighted by Crippen LogP contribution is -2.23. The molecule has 0 radical (unpaired) electrons. The quantitative estimate of drug-likeness (QED) is 0.668. The smallest absolute Gasteiger partial charge is 0.204 e. The van der Waals surface area contributed by atoms with Crippen LogP contribution in [0.4, 0.5) is 0 Å². The highest BCUT2D eigenvalue weighted by Crippen LogP contribution is 2.28. The number of ether oxygens (including phenoxy) is 1. The van der Waals surface area contributed by atoms with E-state index in [9.17, 15) is 0 Å². The van der Waals surface area contributed by atoms with Gasteiger partial charge in [-0.1, -0.05) is 12.1 Å². The SMILES string of the molecule is CC(C)(C)Oc1ccccc1O[SiH3]. The molecule has 13 heavy (non-hydrogen) atoms. The molecule has 0 saturated carbocycles. The molecular weight excluding hydrogens is 180 g/mol. The second kappa shape index (κ2) is 3.83. The molecule has 0 atom stereocenters. The lowest BCUT2D eigenvalue weighted by molar-refractivity contribution is 0.128. The van der Waals surface area contributed by atoms with Gasteiger partial charge in [-0.2, -0.15) is 0 Å². The fourth-order valence-electron chi connectivity index (χ4n) is 1.03. The lowest BCUT2D eigenvalue weighted by atomic mass is 10.2. The third-order valence-electron chi connectivity index (χ3n) is 1.49. The van der Waals surface area contributed by atoms with Crippen LogP contribution in [0, 0.1) is 0 Å². The van der Waals surface area contributed by atoms with Gasteiger partial charge in [-0.3, -0.25) is 0 Å². The summed E-state index contributed by atoms with van der Waals surface area (Å²) >= 11 is 0. The predicted octanol–water partition coefficient (Wildman–Crippen LogP) is 1.52. The van der Waals surface area contributed by atoms with Gasteiger partial charge in [-0.05, 0) is 32.9 Å². The Labute approximate surface area is 82.4 Å². The van der Waals surface area contributed by atoms with Crippen LogP contribution in [0.15, 0.2) is 24.3 Å². The summed E-state index contributed by atoms with van der Waals surface area (Å²) in [6.45, 7) is 6.07. The Morgan fingerprint density at radius 3 is 2.08 bits per heavy atom. The number of rotatable bonds is 2. The molecule has 0 fully saturated rings. The van der Waals surface area contributed by atoms with Gasteiger partial charge in [-0.15, -0.1) is 0 Å². The van der Waals surface area contributed by atoms with E-state index in [1.54, 1.807) is 0 Å². The van der Waals surface area contributed by atoms with Crippen molar-refractivity contribution in [3.63, 3.8) is 0 Å². The molecule has 2 nitrogen and oxygen atoms in total. The topological polar surface area (TPSA) is 18.5 Å². The van der Waals surface area contributed by atoms with Crippen LogP contribution in [0.25, 0.3) is 0 Å². The highest BCUT2D eigenvalue weighted by atomic mass is 28.2. The van der Waals surface area contributed by atoms with Gasteiger partial charge in [0, 0.05) is 0 Å². The molecule has 1 rings (SSSR count). The Bertz CT molecular complexity index is 278. The second-order valence-electron chi connectivity index (χ2n) is 3.87. The molecular formula is C10H16O2Si. The van der Waals surface area contributed by atoms with Crippen LogP contribution in [-0.4, -0.2) is 16.1 Å². The van der Waals surface area contributed by atoms with Crippen molar-refractivity contribution in [3.05, 3.63) is 24.3 Å². The molecule has 0 spiro atoms. The molecule has 0 aromatic heterocycles. The first-order valence-corrected chi connectivity index (χ1v) is 5.16. The van der Waals surface area contributed by atoms with E-state index in [4.69, 9.17) is 9.16 Å². The average molecular weight is 196 g/mol. The normalized spacial score (nSPS) is 11.3. The highest BCUT2D eigenvalue weighted by Gasteiger charge is 2.13. The van der Waals surface area contributed by atoms with Gasteiger partial charge in [0.25, 0.3) is 0 Å². The minimum absolute atomic E-state index is 0.170. The minimum Gasteiger partial charge on any atom is -0.551 e. The third-order valence-corrected chi connectivity index (χ3v) is 1.93. The van der Waals surface area contributed by atoms with Crippen molar-refractivity contribution in [2.24, 2.45) is 0 Å². The van der Waals surface area contributed by atoms with Crippen molar-refractivity contribution in [1.29, 1.82) is 0 Å². The Balaban J connectivity index is 2.87. The van der Waals surface area contributed by atoms with Crippen molar-refractivity contribution in [3.8, 4) is 11.5 Å². The van der Waals surface area contributed by atoms with Crippen molar-refractivity contribution in [2.45, 2.75) is 26.4 Å². The van der Waals surface area contributed by atoms with Crippen molar-refractivity contribution in [2.75, 3.05) is 0 Å². The maximum Gasteiger partial charge on any atom is 0.204 e. The Kier molecular flexibility index (Phi) is 2.98. The zero-order valence-corrected chi connectivity index (χ0v) is 10.6. The summed E-state index contributed by atoms with van der Waals surface area (Å²) in [5, 5.41) is 0. The molecule has 1 aromatic carbocycles. The number of benzene rings is 1. The lowest BCUT2D eigenvalue weighted by Gasteiger charge is -2.22. The van der Waals surface area contributed by atoms with Gasteiger partial charge in [0.2, 0.25) is 10.5 Å². The molecule has 0 N–H and O–H groups in total. The molecule has 0 aliphatic rings.